The molecule has 3 aliphatic rings. The van der Waals surface area contributed by atoms with Gasteiger partial charge in [-0.3, -0.25) is 4.79 Å². The third-order valence-corrected chi connectivity index (χ3v) is 9.04. The van der Waals surface area contributed by atoms with Gasteiger partial charge < -0.3 is 5.32 Å². The largest absolute Gasteiger partial charge is 0.326 e. The molecule has 1 aliphatic heterocycles. The number of amides is 1. The minimum atomic E-state index is -3.24. The molecule has 1 heterocycles. The highest BCUT2D eigenvalue weighted by Crippen LogP contribution is 2.50. The predicted octanol–water partition coefficient (Wildman–Crippen LogP) is 3.62. The molecule has 1 aromatic carbocycles. The van der Waals surface area contributed by atoms with Gasteiger partial charge in [-0.25, -0.2) is 12.7 Å². The van der Waals surface area contributed by atoms with Gasteiger partial charge >= 0.3 is 0 Å². The van der Waals surface area contributed by atoms with Gasteiger partial charge in [0.05, 0.1) is 11.2 Å². The molecule has 0 unspecified atom stereocenters. The second-order valence-electron chi connectivity index (χ2n) is 8.82. The summed E-state index contributed by atoms with van der Waals surface area (Å²) in [5.74, 6) is -0.274. The Morgan fingerprint density at radius 1 is 1.15 bits per heavy atom. The molecule has 4 rings (SSSR count). The summed E-state index contributed by atoms with van der Waals surface area (Å²) >= 11 is 0. The van der Waals surface area contributed by atoms with E-state index in [1.54, 1.807) is 4.31 Å². The van der Waals surface area contributed by atoms with Crippen molar-refractivity contribution < 1.29 is 13.2 Å². The molecule has 5 nitrogen and oxygen atoms in total. The topological polar surface area (TPSA) is 66.5 Å². The highest BCUT2D eigenvalue weighted by Gasteiger charge is 2.55. The molecule has 1 spiro atoms. The smallest absolute Gasteiger partial charge is 0.229 e. The lowest BCUT2D eigenvalue weighted by Crippen LogP contribution is -2.39. The van der Waals surface area contributed by atoms with Crippen LogP contribution < -0.4 is 5.32 Å². The van der Waals surface area contributed by atoms with Gasteiger partial charge in [0.15, 0.2) is 0 Å². The van der Waals surface area contributed by atoms with Gasteiger partial charge in [0.25, 0.3) is 0 Å². The van der Waals surface area contributed by atoms with Crippen LogP contribution in [0, 0.1) is 25.2 Å². The predicted molar refractivity (Wildman–Crippen MR) is 107 cm³/mol. The van der Waals surface area contributed by atoms with E-state index in [4.69, 9.17) is 0 Å². The van der Waals surface area contributed by atoms with Crippen molar-refractivity contribution in [2.75, 3.05) is 18.4 Å². The van der Waals surface area contributed by atoms with Crippen molar-refractivity contribution in [2.45, 2.75) is 64.0 Å². The highest BCUT2D eigenvalue weighted by molar-refractivity contribution is 7.90. The number of rotatable bonds is 4. The third-order valence-electron chi connectivity index (χ3n) is 6.73. The van der Waals surface area contributed by atoms with Crippen molar-refractivity contribution in [3.8, 4) is 0 Å². The Hall–Kier alpha value is -1.40. The fourth-order valence-corrected chi connectivity index (χ4v) is 6.94. The van der Waals surface area contributed by atoms with E-state index in [9.17, 15) is 13.2 Å². The number of nitrogens with one attached hydrogen (secondary N) is 1. The molecule has 148 valence electrons. The Kier molecular flexibility index (Phi) is 4.83. The molecule has 1 aromatic rings. The number of sulfonamides is 1. The number of hydrogen-bond acceptors (Lipinski definition) is 3. The van der Waals surface area contributed by atoms with Crippen LogP contribution in [0.25, 0.3) is 0 Å². The van der Waals surface area contributed by atoms with Gasteiger partial charge in [0, 0.05) is 18.8 Å². The molecular formula is C21H30N2O3S. The first kappa shape index (κ1) is 18.9. The lowest BCUT2D eigenvalue weighted by Gasteiger charge is -2.37. The van der Waals surface area contributed by atoms with E-state index < -0.39 is 10.0 Å². The first-order valence-electron chi connectivity index (χ1n) is 10.2. The molecule has 0 bridgehead atoms. The van der Waals surface area contributed by atoms with Crippen molar-refractivity contribution >= 4 is 21.6 Å². The maximum atomic E-state index is 13.3. The summed E-state index contributed by atoms with van der Waals surface area (Å²) in [5.41, 5.74) is 2.85. The molecule has 1 atom stereocenters. The van der Waals surface area contributed by atoms with E-state index >= 15 is 0 Å². The summed E-state index contributed by atoms with van der Waals surface area (Å²) < 4.78 is 27.3. The molecule has 2 aliphatic carbocycles. The molecule has 6 heteroatoms. The fourth-order valence-electron chi connectivity index (χ4n) is 4.99. The minimum absolute atomic E-state index is 0.0163. The van der Waals surface area contributed by atoms with Crippen LogP contribution >= 0.6 is 0 Å². The first-order chi connectivity index (χ1) is 12.8. The highest BCUT2D eigenvalue weighted by atomic mass is 32.2. The maximum absolute atomic E-state index is 13.3. The van der Waals surface area contributed by atoms with E-state index in [1.165, 1.54) is 6.42 Å². The van der Waals surface area contributed by atoms with Gasteiger partial charge in [-0.05, 0) is 56.6 Å². The SMILES string of the molecule is Cc1ccc(NC(=O)[C@@H]2CN(S(=O)(=O)C3CC3)CC23CCCCC3)c(C)c1. The minimum Gasteiger partial charge on any atom is -0.326 e. The lowest BCUT2D eigenvalue weighted by molar-refractivity contribution is -0.123. The molecule has 0 radical (unpaired) electrons. The summed E-state index contributed by atoms with van der Waals surface area (Å²) in [6.45, 7) is 4.90. The zero-order valence-electron chi connectivity index (χ0n) is 16.3. The van der Waals surface area contributed by atoms with Crippen molar-refractivity contribution in [2.24, 2.45) is 11.3 Å². The molecule has 1 amide bonds. The monoisotopic (exact) mass is 390 g/mol. The second-order valence-corrected chi connectivity index (χ2v) is 11.0. The Morgan fingerprint density at radius 3 is 2.48 bits per heavy atom. The van der Waals surface area contributed by atoms with Crippen LogP contribution in [0.5, 0.6) is 0 Å². The number of nitrogens with zero attached hydrogens (tertiary/aromatic N) is 1. The quantitative estimate of drug-likeness (QED) is 0.854. The molecule has 1 saturated heterocycles. The Balaban J connectivity index is 1.59. The number of carbonyl (C=O) groups excluding carboxylic acids is 1. The zero-order valence-corrected chi connectivity index (χ0v) is 17.1. The molecular weight excluding hydrogens is 360 g/mol. The Morgan fingerprint density at radius 2 is 1.85 bits per heavy atom. The van der Waals surface area contributed by atoms with Crippen LogP contribution in [-0.2, 0) is 14.8 Å². The molecule has 0 aromatic heterocycles. The van der Waals surface area contributed by atoms with Crippen LogP contribution in [0.2, 0.25) is 0 Å². The summed E-state index contributed by atoms with van der Waals surface area (Å²) in [4.78, 5) is 13.3. The lowest BCUT2D eigenvalue weighted by atomic mass is 9.67. The number of benzene rings is 1. The van der Waals surface area contributed by atoms with Crippen molar-refractivity contribution in [1.82, 2.24) is 4.31 Å². The Bertz CT molecular complexity index is 839. The van der Waals surface area contributed by atoms with Crippen LogP contribution in [0.15, 0.2) is 18.2 Å². The van der Waals surface area contributed by atoms with Crippen LogP contribution in [0.3, 0.4) is 0 Å². The summed E-state index contributed by atoms with van der Waals surface area (Å²) in [6.07, 6.45) is 6.80. The standard InChI is InChI=1S/C21H30N2O3S/c1-15-6-9-19(16(2)12-15)22-20(24)18-13-23(27(25,26)17-7-8-17)14-21(18)10-4-3-5-11-21/h6,9,12,17-18H,3-5,7-8,10-11,13-14H2,1-2H3,(H,22,24)/t18-/m0/s1. The average Bonchev–Trinajstić information content (AvgIpc) is 3.42. The maximum Gasteiger partial charge on any atom is 0.229 e. The first-order valence-corrected chi connectivity index (χ1v) is 11.7. The summed E-state index contributed by atoms with van der Waals surface area (Å²) in [5, 5.41) is 2.90. The molecule has 3 fully saturated rings. The van der Waals surface area contributed by atoms with Crippen molar-refractivity contribution in [1.29, 1.82) is 0 Å². The van der Waals surface area contributed by atoms with Crippen molar-refractivity contribution in [3.63, 3.8) is 0 Å². The van der Waals surface area contributed by atoms with Gasteiger partial charge in [-0.2, -0.15) is 0 Å². The number of carbonyl (C=O) groups is 1. The van der Waals surface area contributed by atoms with E-state index in [0.717, 1.165) is 55.3 Å². The van der Waals surface area contributed by atoms with Gasteiger partial charge in [-0.15, -0.1) is 0 Å². The molecule has 2 saturated carbocycles. The number of aryl methyl sites for hydroxylation is 2. The van der Waals surface area contributed by atoms with E-state index in [1.807, 2.05) is 26.0 Å². The zero-order chi connectivity index (χ0) is 19.2. The van der Waals surface area contributed by atoms with Gasteiger partial charge in [-0.1, -0.05) is 37.0 Å². The number of hydrogen-bond donors (Lipinski definition) is 1. The molecule has 1 N–H and O–H groups in total. The molecule has 27 heavy (non-hydrogen) atoms. The summed E-state index contributed by atoms with van der Waals surface area (Å²) in [7, 11) is -3.24. The van der Waals surface area contributed by atoms with Gasteiger partial charge in [0.2, 0.25) is 15.9 Å². The van der Waals surface area contributed by atoms with E-state index in [-0.39, 0.29) is 22.5 Å². The Labute approximate surface area is 162 Å². The normalized spacial score (nSPS) is 25.6. The fraction of sp³-hybridized carbons (Fsp3) is 0.667. The summed E-state index contributed by atoms with van der Waals surface area (Å²) in [6, 6.07) is 6.01. The average molecular weight is 391 g/mol. The number of anilines is 1. The van der Waals surface area contributed by atoms with Gasteiger partial charge in [0.1, 0.15) is 0 Å². The van der Waals surface area contributed by atoms with E-state index in [2.05, 4.69) is 11.4 Å². The van der Waals surface area contributed by atoms with Crippen LogP contribution in [-0.4, -0.2) is 37.0 Å². The van der Waals surface area contributed by atoms with Crippen molar-refractivity contribution in [3.05, 3.63) is 29.3 Å². The van der Waals surface area contributed by atoms with Crippen LogP contribution in [0.4, 0.5) is 5.69 Å². The second kappa shape index (κ2) is 6.89. The van der Waals surface area contributed by atoms with E-state index in [0.29, 0.717) is 13.1 Å². The third kappa shape index (κ3) is 3.54. The van der Waals surface area contributed by atoms with Crippen LogP contribution in [0.1, 0.15) is 56.1 Å².